The van der Waals surface area contributed by atoms with Gasteiger partial charge in [0.2, 0.25) is 0 Å². The molecule has 6 heteroatoms. The van der Waals surface area contributed by atoms with Crippen molar-refractivity contribution in [3.05, 3.63) is 34.6 Å². The molecule has 1 aromatic rings. The first-order valence-electron chi connectivity index (χ1n) is 5.77. The standard InChI is InChI=1S/C13H15ClFNO3/c1-7(2)16-12(17)8(3)19-13(18)10-5-4-9(14)6-11(10)15/h4-8H,1-3H3,(H,16,17). The average Bonchev–Trinajstić information content (AvgIpc) is 2.27. The highest BCUT2D eigenvalue weighted by molar-refractivity contribution is 6.30. The van der Waals surface area contributed by atoms with Crippen LogP contribution in [0.1, 0.15) is 31.1 Å². The fourth-order valence-corrected chi connectivity index (χ4v) is 1.49. The number of amides is 1. The van der Waals surface area contributed by atoms with Crippen molar-refractivity contribution in [1.82, 2.24) is 5.32 Å². The smallest absolute Gasteiger partial charge is 0.341 e. The maximum atomic E-state index is 13.5. The van der Waals surface area contributed by atoms with Crippen LogP contribution in [0.2, 0.25) is 5.02 Å². The Kier molecular flexibility index (Phi) is 5.30. The number of ether oxygens (including phenoxy) is 1. The zero-order valence-corrected chi connectivity index (χ0v) is 11.6. The van der Waals surface area contributed by atoms with Gasteiger partial charge in [0.25, 0.3) is 5.91 Å². The predicted molar refractivity (Wildman–Crippen MR) is 69.6 cm³/mol. The van der Waals surface area contributed by atoms with Crippen LogP contribution in [0.5, 0.6) is 0 Å². The number of nitrogens with one attached hydrogen (secondary N) is 1. The number of esters is 1. The Morgan fingerprint density at radius 2 is 1.95 bits per heavy atom. The fourth-order valence-electron chi connectivity index (χ4n) is 1.33. The molecule has 19 heavy (non-hydrogen) atoms. The van der Waals surface area contributed by atoms with Crippen molar-refractivity contribution in [3.8, 4) is 0 Å². The number of benzene rings is 1. The summed E-state index contributed by atoms with van der Waals surface area (Å²) in [6.07, 6.45) is -0.995. The highest BCUT2D eigenvalue weighted by atomic mass is 35.5. The monoisotopic (exact) mass is 287 g/mol. The van der Waals surface area contributed by atoms with Crippen LogP contribution in [0.4, 0.5) is 4.39 Å². The van der Waals surface area contributed by atoms with Gasteiger partial charge in [-0.05, 0) is 39.0 Å². The Morgan fingerprint density at radius 1 is 1.32 bits per heavy atom. The molecular weight excluding hydrogens is 273 g/mol. The van der Waals surface area contributed by atoms with Crippen molar-refractivity contribution in [3.63, 3.8) is 0 Å². The van der Waals surface area contributed by atoms with Crippen LogP contribution in [0, 0.1) is 5.82 Å². The maximum Gasteiger partial charge on any atom is 0.341 e. The average molecular weight is 288 g/mol. The van der Waals surface area contributed by atoms with Crippen molar-refractivity contribution >= 4 is 23.5 Å². The van der Waals surface area contributed by atoms with Crippen LogP contribution in [0.25, 0.3) is 0 Å². The molecule has 1 amide bonds. The Hall–Kier alpha value is -1.62. The second-order valence-corrected chi connectivity index (χ2v) is 4.77. The van der Waals surface area contributed by atoms with E-state index in [1.807, 2.05) is 0 Å². The van der Waals surface area contributed by atoms with Crippen molar-refractivity contribution in [2.45, 2.75) is 32.9 Å². The molecule has 0 aliphatic rings. The summed E-state index contributed by atoms with van der Waals surface area (Å²) < 4.78 is 18.4. The summed E-state index contributed by atoms with van der Waals surface area (Å²) >= 11 is 5.58. The van der Waals surface area contributed by atoms with E-state index in [4.69, 9.17) is 16.3 Å². The molecule has 0 aliphatic carbocycles. The minimum Gasteiger partial charge on any atom is -0.449 e. The summed E-state index contributed by atoms with van der Waals surface area (Å²) in [5.41, 5.74) is -0.256. The van der Waals surface area contributed by atoms with Gasteiger partial charge in [-0.25, -0.2) is 9.18 Å². The SMILES string of the molecule is CC(C)NC(=O)C(C)OC(=O)c1ccc(Cl)cc1F. The van der Waals surface area contributed by atoms with E-state index in [1.165, 1.54) is 19.1 Å². The van der Waals surface area contributed by atoms with E-state index in [0.717, 1.165) is 6.07 Å². The third-order valence-corrected chi connectivity index (χ3v) is 2.47. The van der Waals surface area contributed by atoms with Gasteiger partial charge in [-0.3, -0.25) is 4.79 Å². The molecule has 0 radical (unpaired) electrons. The summed E-state index contributed by atoms with van der Waals surface area (Å²) in [4.78, 5) is 23.2. The number of carbonyl (C=O) groups excluding carboxylic acids is 2. The molecule has 1 aromatic carbocycles. The van der Waals surface area contributed by atoms with Gasteiger partial charge in [0.15, 0.2) is 6.10 Å². The lowest BCUT2D eigenvalue weighted by Crippen LogP contribution is -2.39. The quantitative estimate of drug-likeness (QED) is 0.866. The number of hydrogen-bond donors (Lipinski definition) is 1. The molecule has 104 valence electrons. The first-order valence-corrected chi connectivity index (χ1v) is 6.15. The Bertz CT molecular complexity index is 491. The van der Waals surface area contributed by atoms with Gasteiger partial charge in [-0.15, -0.1) is 0 Å². The molecule has 0 fully saturated rings. The van der Waals surface area contributed by atoms with Gasteiger partial charge >= 0.3 is 5.97 Å². The Morgan fingerprint density at radius 3 is 2.47 bits per heavy atom. The molecule has 0 saturated carbocycles. The zero-order chi connectivity index (χ0) is 14.6. The van der Waals surface area contributed by atoms with Crippen LogP contribution in [-0.2, 0) is 9.53 Å². The van der Waals surface area contributed by atoms with Crippen LogP contribution < -0.4 is 5.32 Å². The lowest BCUT2D eigenvalue weighted by Gasteiger charge is -2.15. The predicted octanol–water partition coefficient (Wildman–Crippen LogP) is 2.55. The Labute approximate surface area is 115 Å². The van der Waals surface area contributed by atoms with Crippen LogP contribution in [0.3, 0.4) is 0 Å². The zero-order valence-electron chi connectivity index (χ0n) is 10.9. The fraction of sp³-hybridized carbons (Fsp3) is 0.385. The van der Waals surface area contributed by atoms with E-state index >= 15 is 0 Å². The minimum absolute atomic E-state index is 0.0686. The van der Waals surface area contributed by atoms with Crippen LogP contribution in [-0.4, -0.2) is 24.0 Å². The van der Waals surface area contributed by atoms with Gasteiger partial charge in [-0.2, -0.15) is 0 Å². The first-order chi connectivity index (χ1) is 8.81. The second kappa shape index (κ2) is 6.52. The van der Waals surface area contributed by atoms with Gasteiger partial charge in [-0.1, -0.05) is 11.6 Å². The lowest BCUT2D eigenvalue weighted by molar-refractivity contribution is -0.129. The number of carbonyl (C=O) groups is 2. The molecule has 1 atom stereocenters. The summed E-state index contributed by atoms with van der Waals surface area (Å²) in [6.45, 7) is 4.99. The molecule has 0 heterocycles. The third-order valence-electron chi connectivity index (χ3n) is 2.24. The molecule has 1 unspecified atom stereocenters. The van der Waals surface area contributed by atoms with Crippen molar-refractivity contribution in [2.24, 2.45) is 0 Å². The molecule has 0 bridgehead atoms. The molecule has 1 N–H and O–H groups in total. The van der Waals surface area contributed by atoms with E-state index in [2.05, 4.69) is 5.32 Å². The largest absolute Gasteiger partial charge is 0.449 e. The summed E-state index contributed by atoms with van der Waals surface area (Å²) in [7, 11) is 0. The molecule has 0 aromatic heterocycles. The van der Waals surface area contributed by atoms with Gasteiger partial charge < -0.3 is 10.1 Å². The Balaban J connectivity index is 2.71. The van der Waals surface area contributed by atoms with E-state index in [9.17, 15) is 14.0 Å². The molecular formula is C13H15ClFNO3. The summed E-state index contributed by atoms with van der Waals surface area (Å²) in [5, 5.41) is 2.77. The molecule has 0 spiro atoms. The highest BCUT2D eigenvalue weighted by Gasteiger charge is 2.21. The van der Waals surface area contributed by atoms with Crippen molar-refractivity contribution in [1.29, 1.82) is 0 Å². The third kappa shape index (κ3) is 4.52. The van der Waals surface area contributed by atoms with Crippen LogP contribution in [0.15, 0.2) is 18.2 Å². The van der Waals surface area contributed by atoms with E-state index < -0.39 is 23.8 Å². The number of halogens is 2. The molecule has 4 nitrogen and oxygen atoms in total. The molecule has 0 saturated heterocycles. The van der Waals surface area contributed by atoms with E-state index in [1.54, 1.807) is 13.8 Å². The topological polar surface area (TPSA) is 55.4 Å². The van der Waals surface area contributed by atoms with Gasteiger partial charge in [0.05, 0.1) is 5.56 Å². The first kappa shape index (κ1) is 15.4. The normalized spacial score (nSPS) is 12.1. The molecule has 1 rings (SSSR count). The summed E-state index contributed by atoms with van der Waals surface area (Å²) in [6, 6.07) is 3.53. The number of rotatable bonds is 4. The minimum atomic E-state index is -0.995. The van der Waals surface area contributed by atoms with E-state index in [-0.39, 0.29) is 16.6 Å². The summed E-state index contributed by atoms with van der Waals surface area (Å²) in [5.74, 6) is -2.12. The van der Waals surface area contributed by atoms with E-state index in [0.29, 0.717) is 0 Å². The highest BCUT2D eigenvalue weighted by Crippen LogP contribution is 2.16. The lowest BCUT2D eigenvalue weighted by atomic mass is 10.2. The maximum absolute atomic E-state index is 13.5. The van der Waals surface area contributed by atoms with Gasteiger partial charge in [0.1, 0.15) is 5.82 Å². The van der Waals surface area contributed by atoms with Crippen LogP contribution >= 0.6 is 11.6 Å². The second-order valence-electron chi connectivity index (χ2n) is 4.33. The van der Waals surface area contributed by atoms with Crippen molar-refractivity contribution in [2.75, 3.05) is 0 Å². The molecule has 0 aliphatic heterocycles. The van der Waals surface area contributed by atoms with Gasteiger partial charge in [0, 0.05) is 11.1 Å². The van der Waals surface area contributed by atoms with Crippen molar-refractivity contribution < 1.29 is 18.7 Å². The number of hydrogen-bond acceptors (Lipinski definition) is 3.